The molecule has 0 saturated carbocycles. The third-order valence-electron chi connectivity index (χ3n) is 2.63. The van der Waals surface area contributed by atoms with Crippen LogP contribution in [0, 0.1) is 0 Å². The van der Waals surface area contributed by atoms with Crippen LogP contribution in [-0.4, -0.2) is 15.2 Å². The number of hydrogen-bond donors (Lipinski definition) is 2. The number of nitrogens with one attached hydrogen (secondary N) is 1. The van der Waals surface area contributed by atoms with Crippen LogP contribution >= 0.6 is 0 Å². The first-order valence-corrected chi connectivity index (χ1v) is 4.98. The zero-order valence-corrected chi connectivity index (χ0v) is 8.51. The van der Waals surface area contributed by atoms with E-state index in [2.05, 4.69) is 27.3 Å². The average Bonchev–Trinajstić information content (AvgIpc) is 2.76. The number of nitrogens with two attached hydrogens (primary N) is 1. The van der Waals surface area contributed by atoms with Crippen LogP contribution < -0.4 is 5.73 Å². The van der Waals surface area contributed by atoms with Gasteiger partial charge in [-0.25, -0.2) is 0 Å². The lowest BCUT2D eigenvalue weighted by atomic mass is 10.1. The van der Waals surface area contributed by atoms with E-state index >= 15 is 0 Å². The summed E-state index contributed by atoms with van der Waals surface area (Å²) in [5.74, 6) is 0. The highest BCUT2D eigenvalue weighted by molar-refractivity contribution is 5.86. The molecule has 0 amide bonds. The van der Waals surface area contributed by atoms with Gasteiger partial charge in [-0.05, 0) is 23.1 Å². The lowest BCUT2D eigenvalue weighted by molar-refractivity contribution is 1.04. The highest BCUT2D eigenvalue weighted by Crippen LogP contribution is 2.26. The molecule has 0 fully saturated rings. The minimum absolute atomic E-state index is 0.640. The van der Waals surface area contributed by atoms with Crippen LogP contribution in [0.4, 0.5) is 5.69 Å². The normalized spacial score (nSPS) is 10.8. The van der Waals surface area contributed by atoms with Gasteiger partial charge in [0.25, 0.3) is 0 Å². The van der Waals surface area contributed by atoms with Crippen molar-refractivity contribution in [1.82, 2.24) is 15.2 Å². The van der Waals surface area contributed by atoms with Crippen molar-refractivity contribution in [3.05, 3.63) is 42.9 Å². The quantitative estimate of drug-likeness (QED) is 0.647. The third-order valence-corrected chi connectivity index (χ3v) is 2.63. The van der Waals surface area contributed by atoms with Gasteiger partial charge in [-0.15, -0.1) is 0 Å². The molecule has 2 aromatic heterocycles. The number of aromatic nitrogens is 3. The summed E-state index contributed by atoms with van der Waals surface area (Å²) >= 11 is 0. The average molecular weight is 210 g/mol. The highest BCUT2D eigenvalue weighted by atomic mass is 15.1. The largest absolute Gasteiger partial charge is 0.397 e. The summed E-state index contributed by atoms with van der Waals surface area (Å²) in [6, 6.07) is 8.18. The molecule has 0 saturated heterocycles. The van der Waals surface area contributed by atoms with E-state index in [1.165, 1.54) is 5.39 Å². The van der Waals surface area contributed by atoms with Crippen molar-refractivity contribution in [2.75, 3.05) is 5.73 Å². The molecule has 3 aromatic rings. The van der Waals surface area contributed by atoms with E-state index in [0.717, 1.165) is 16.6 Å². The second-order valence-corrected chi connectivity index (χ2v) is 3.64. The van der Waals surface area contributed by atoms with Gasteiger partial charge in [0.15, 0.2) is 0 Å². The number of anilines is 1. The van der Waals surface area contributed by atoms with Crippen LogP contribution in [0.1, 0.15) is 0 Å². The van der Waals surface area contributed by atoms with Crippen molar-refractivity contribution in [3.63, 3.8) is 0 Å². The number of nitrogens with zero attached hydrogens (tertiary/aromatic N) is 2. The molecule has 0 unspecified atom stereocenters. The van der Waals surface area contributed by atoms with Crippen molar-refractivity contribution in [1.29, 1.82) is 0 Å². The number of aromatic amines is 1. The molecule has 2 heterocycles. The smallest absolute Gasteiger partial charge is 0.0732 e. The molecule has 16 heavy (non-hydrogen) atoms. The van der Waals surface area contributed by atoms with E-state index in [1.807, 2.05) is 18.3 Å². The fraction of sp³-hybridized carbons (Fsp3) is 0. The van der Waals surface area contributed by atoms with Crippen molar-refractivity contribution in [2.45, 2.75) is 0 Å². The predicted octanol–water partition coefficient (Wildman–Crippen LogP) is 2.21. The van der Waals surface area contributed by atoms with Crippen LogP contribution in [0.25, 0.3) is 22.0 Å². The maximum absolute atomic E-state index is 5.86. The first kappa shape index (κ1) is 8.91. The Kier molecular flexibility index (Phi) is 1.86. The molecule has 0 spiro atoms. The van der Waals surface area contributed by atoms with Crippen molar-refractivity contribution in [3.8, 4) is 11.1 Å². The summed E-state index contributed by atoms with van der Waals surface area (Å²) < 4.78 is 0. The van der Waals surface area contributed by atoms with Crippen molar-refractivity contribution in [2.24, 2.45) is 0 Å². The van der Waals surface area contributed by atoms with Gasteiger partial charge in [0, 0.05) is 17.3 Å². The van der Waals surface area contributed by atoms with Gasteiger partial charge in [0.05, 0.1) is 18.1 Å². The van der Waals surface area contributed by atoms with E-state index < -0.39 is 0 Å². The Balaban J connectivity index is 2.22. The van der Waals surface area contributed by atoms with E-state index in [4.69, 9.17) is 5.73 Å². The number of nitrogen functional groups attached to an aromatic ring is 1. The molecule has 3 rings (SSSR count). The second-order valence-electron chi connectivity index (χ2n) is 3.64. The molecular weight excluding hydrogens is 200 g/mol. The molecule has 0 radical (unpaired) electrons. The zero-order chi connectivity index (χ0) is 11.0. The van der Waals surface area contributed by atoms with Gasteiger partial charge in [-0.1, -0.05) is 12.1 Å². The lowest BCUT2D eigenvalue weighted by Crippen LogP contribution is -1.92. The fourth-order valence-corrected chi connectivity index (χ4v) is 1.79. The molecule has 0 bridgehead atoms. The zero-order valence-electron chi connectivity index (χ0n) is 8.51. The van der Waals surface area contributed by atoms with Crippen LogP contribution in [0.2, 0.25) is 0 Å². The fourth-order valence-electron chi connectivity index (χ4n) is 1.79. The maximum atomic E-state index is 5.86. The van der Waals surface area contributed by atoms with Crippen LogP contribution in [0.15, 0.2) is 42.9 Å². The van der Waals surface area contributed by atoms with Crippen LogP contribution in [0.5, 0.6) is 0 Å². The summed E-state index contributed by atoms with van der Waals surface area (Å²) in [7, 11) is 0. The topological polar surface area (TPSA) is 67.6 Å². The minimum atomic E-state index is 0.640. The number of benzene rings is 1. The first-order chi connectivity index (χ1) is 7.84. The van der Waals surface area contributed by atoms with Gasteiger partial charge in [-0.3, -0.25) is 0 Å². The van der Waals surface area contributed by atoms with E-state index in [-0.39, 0.29) is 0 Å². The van der Waals surface area contributed by atoms with Gasteiger partial charge in [-0.2, -0.15) is 10.2 Å². The summed E-state index contributed by atoms with van der Waals surface area (Å²) in [4.78, 5) is 3.17. The number of rotatable bonds is 1. The van der Waals surface area contributed by atoms with Gasteiger partial charge in [0.1, 0.15) is 0 Å². The molecule has 0 atom stereocenters. The predicted molar refractivity (Wildman–Crippen MR) is 63.7 cm³/mol. The Morgan fingerprint density at radius 2 is 1.94 bits per heavy atom. The number of fused-ring (bicyclic) bond motifs is 1. The minimum Gasteiger partial charge on any atom is -0.397 e. The summed E-state index contributed by atoms with van der Waals surface area (Å²) in [6.45, 7) is 0. The van der Waals surface area contributed by atoms with E-state index in [9.17, 15) is 0 Å². The van der Waals surface area contributed by atoms with E-state index in [1.54, 1.807) is 12.4 Å². The maximum Gasteiger partial charge on any atom is 0.0732 e. The standard InChI is InChI=1S/C12H10N4/c13-11-7-16-15-6-10(11)9-2-1-8-3-4-14-12(8)5-9/h1-7,14H,(H2,13,15). The van der Waals surface area contributed by atoms with Crippen molar-refractivity contribution < 1.29 is 0 Å². The Labute approximate surface area is 92.1 Å². The molecular formula is C12H10N4. The van der Waals surface area contributed by atoms with Gasteiger partial charge >= 0.3 is 0 Å². The Morgan fingerprint density at radius 1 is 1.06 bits per heavy atom. The third kappa shape index (κ3) is 1.32. The SMILES string of the molecule is Nc1cnncc1-c1ccc2cc[nH]c2c1. The Hall–Kier alpha value is -2.36. The Bertz CT molecular complexity index is 642. The highest BCUT2D eigenvalue weighted by Gasteiger charge is 2.04. The summed E-state index contributed by atoms with van der Waals surface area (Å²) in [5.41, 5.74) is 9.54. The molecule has 4 nitrogen and oxygen atoms in total. The number of hydrogen-bond acceptors (Lipinski definition) is 3. The lowest BCUT2D eigenvalue weighted by Gasteiger charge is -2.03. The molecule has 0 aliphatic heterocycles. The Morgan fingerprint density at radius 3 is 2.81 bits per heavy atom. The van der Waals surface area contributed by atoms with Crippen LogP contribution in [-0.2, 0) is 0 Å². The monoisotopic (exact) mass is 210 g/mol. The second kappa shape index (κ2) is 3.34. The summed E-state index contributed by atoms with van der Waals surface area (Å²) in [6.07, 6.45) is 5.16. The van der Waals surface area contributed by atoms with Gasteiger partial charge < -0.3 is 10.7 Å². The molecule has 3 N–H and O–H groups in total. The van der Waals surface area contributed by atoms with E-state index in [0.29, 0.717) is 5.69 Å². The first-order valence-electron chi connectivity index (χ1n) is 4.98. The molecule has 0 aliphatic carbocycles. The van der Waals surface area contributed by atoms with Crippen LogP contribution in [0.3, 0.4) is 0 Å². The molecule has 4 heteroatoms. The molecule has 78 valence electrons. The molecule has 1 aromatic carbocycles. The molecule has 0 aliphatic rings. The van der Waals surface area contributed by atoms with Gasteiger partial charge in [0.2, 0.25) is 0 Å². The van der Waals surface area contributed by atoms with Crippen molar-refractivity contribution >= 4 is 16.6 Å². The number of H-pyrrole nitrogens is 1. The summed E-state index contributed by atoms with van der Waals surface area (Å²) in [5, 5.41) is 8.77.